The van der Waals surface area contributed by atoms with Crippen LogP contribution >= 0.6 is 12.6 Å². The van der Waals surface area contributed by atoms with Crippen molar-refractivity contribution in [3.8, 4) is 0 Å². The highest BCUT2D eigenvalue weighted by Crippen LogP contribution is 2.67. The first-order chi connectivity index (χ1) is 11.8. The minimum atomic E-state index is -0.287. The van der Waals surface area contributed by atoms with Crippen LogP contribution in [0.1, 0.15) is 46.0 Å². The van der Waals surface area contributed by atoms with Crippen LogP contribution in [0, 0.1) is 40.4 Å². The molecule has 0 heterocycles. The minimum Gasteiger partial charge on any atom is -0.396 e. The highest BCUT2D eigenvalue weighted by molar-refractivity contribution is 7.96. The number of hydrogen-bond acceptors (Lipinski definition) is 3. The Hall–Kier alpha value is -0.870. The van der Waals surface area contributed by atoms with Crippen LogP contribution in [-0.4, -0.2) is 22.6 Å². The molecule has 2 unspecified atom stereocenters. The predicted octanol–water partition coefficient (Wildman–Crippen LogP) is 3.59. The Kier molecular flexibility index (Phi) is 4.08. The molecule has 0 aromatic carbocycles. The second-order valence-corrected chi connectivity index (χ2v) is 9.50. The molecule has 3 fully saturated rings. The van der Waals surface area contributed by atoms with Gasteiger partial charge in [0.25, 0.3) is 0 Å². The molecule has 136 valence electrons. The Labute approximate surface area is 155 Å². The van der Waals surface area contributed by atoms with E-state index < -0.39 is 0 Å². The molecule has 4 aliphatic rings. The van der Waals surface area contributed by atoms with Crippen LogP contribution in [0.5, 0.6) is 0 Å². The van der Waals surface area contributed by atoms with Gasteiger partial charge in [0.15, 0.2) is 10.9 Å². The Morgan fingerprint density at radius 1 is 1.36 bits per heavy atom. The van der Waals surface area contributed by atoms with Crippen molar-refractivity contribution in [2.45, 2.75) is 46.0 Å². The van der Waals surface area contributed by atoms with E-state index in [0.29, 0.717) is 17.8 Å². The lowest BCUT2D eigenvalue weighted by Gasteiger charge is -2.57. The summed E-state index contributed by atoms with van der Waals surface area (Å²) in [6, 6.07) is 0. The first-order valence-corrected chi connectivity index (χ1v) is 10.1. The molecule has 3 saturated carbocycles. The van der Waals surface area contributed by atoms with Crippen LogP contribution in [0.4, 0.5) is 0 Å². The molecule has 7 atom stereocenters. The topological polar surface area (TPSA) is 54.4 Å². The van der Waals surface area contributed by atoms with Gasteiger partial charge in [-0.05, 0) is 67.9 Å². The van der Waals surface area contributed by atoms with Gasteiger partial charge in [0.1, 0.15) is 0 Å². The number of carbonyl (C=O) groups excluding carboxylic acids is 2. The van der Waals surface area contributed by atoms with Crippen molar-refractivity contribution in [2.24, 2.45) is 40.4 Å². The molecule has 0 aliphatic heterocycles. The molecule has 3 nitrogen and oxygen atoms in total. The summed E-state index contributed by atoms with van der Waals surface area (Å²) in [5, 5.41) is 10.3. The number of aliphatic hydroxyl groups is 1. The Balaban J connectivity index is 1.72. The smallest absolute Gasteiger partial charge is 0.189 e. The molecule has 4 aliphatic carbocycles. The van der Waals surface area contributed by atoms with E-state index in [0.717, 1.165) is 32.1 Å². The highest BCUT2D eigenvalue weighted by Gasteiger charge is 2.63. The maximum atomic E-state index is 12.3. The molecule has 0 radical (unpaired) electrons. The van der Waals surface area contributed by atoms with Crippen LogP contribution in [0.25, 0.3) is 0 Å². The van der Waals surface area contributed by atoms with Gasteiger partial charge >= 0.3 is 0 Å². The molecule has 4 rings (SSSR count). The lowest BCUT2D eigenvalue weighted by atomic mass is 9.47. The highest BCUT2D eigenvalue weighted by atomic mass is 32.1. The number of fused-ring (bicyclic) bond motifs is 5. The van der Waals surface area contributed by atoms with E-state index in [-0.39, 0.29) is 40.2 Å². The lowest BCUT2D eigenvalue weighted by molar-refractivity contribution is -0.126. The van der Waals surface area contributed by atoms with Crippen molar-refractivity contribution in [2.75, 3.05) is 6.61 Å². The number of allylic oxidation sites excluding steroid dienone is 4. The Morgan fingerprint density at radius 3 is 2.80 bits per heavy atom. The molecule has 4 heteroatoms. The molecular weight excluding hydrogens is 332 g/mol. The summed E-state index contributed by atoms with van der Waals surface area (Å²) in [5.41, 5.74) is 0.960. The number of hydrogen-bond donors (Lipinski definition) is 2. The van der Waals surface area contributed by atoms with Crippen LogP contribution in [0.2, 0.25) is 0 Å². The van der Waals surface area contributed by atoms with Gasteiger partial charge in [0, 0.05) is 23.4 Å². The second-order valence-electron chi connectivity index (χ2n) is 9.06. The fourth-order valence-electron chi connectivity index (χ4n) is 7.12. The molecule has 1 N–H and O–H groups in total. The van der Waals surface area contributed by atoms with E-state index in [9.17, 15) is 14.7 Å². The van der Waals surface area contributed by atoms with Crippen molar-refractivity contribution in [3.05, 3.63) is 23.8 Å². The summed E-state index contributed by atoms with van der Waals surface area (Å²) in [6.07, 6.45) is 10.7. The molecule has 0 bridgehead atoms. The van der Waals surface area contributed by atoms with Crippen LogP contribution in [-0.2, 0) is 9.59 Å². The second kappa shape index (κ2) is 5.82. The summed E-state index contributed by atoms with van der Waals surface area (Å²) in [7, 11) is 0. The van der Waals surface area contributed by atoms with Gasteiger partial charge < -0.3 is 5.11 Å². The van der Waals surface area contributed by atoms with Crippen molar-refractivity contribution >= 4 is 23.5 Å². The summed E-state index contributed by atoms with van der Waals surface area (Å²) >= 11 is 4.19. The van der Waals surface area contributed by atoms with Crippen LogP contribution < -0.4 is 0 Å². The summed E-state index contributed by atoms with van der Waals surface area (Å²) in [5.74, 6) is 1.68. The Morgan fingerprint density at radius 2 is 2.12 bits per heavy atom. The monoisotopic (exact) mass is 360 g/mol. The van der Waals surface area contributed by atoms with Gasteiger partial charge in [-0.25, -0.2) is 0 Å². The molecule has 0 amide bonds. The van der Waals surface area contributed by atoms with Gasteiger partial charge in [-0.3, -0.25) is 9.59 Å². The summed E-state index contributed by atoms with van der Waals surface area (Å²) < 4.78 is 0. The van der Waals surface area contributed by atoms with Crippen molar-refractivity contribution in [1.29, 1.82) is 0 Å². The molecular formula is C21H28O3S. The van der Waals surface area contributed by atoms with E-state index in [2.05, 4.69) is 32.6 Å². The average molecular weight is 361 g/mol. The number of thiol groups is 1. The first kappa shape index (κ1) is 17.5. The number of rotatable bonds is 2. The third-order valence-corrected chi connectivity index (χ3v) is 8.47. The molecule has 0 spiro atoms. The lowest BCUT2D eigenvalue weighted by Crippen LogP contribution is -2.52. The molecule has 0 aromatic rings. The van der Waals surface area contributed by atoms with Gasteiger partial charge in [-0.15, -0.1) is 12.6 Å². The fraction of sp³-hybridized carbons (Fsp3) is 0.714. The predicted molar refractivity (Wildman–Crippen MR) is 100 cm³/mol. The minimum absolute atomic E-state index is 0.0370. The summed E-state index contributed by atoms with van der Waals surface area (Å²) in [6.45, 7) is 4.53. The number of ketones is 1. The van der Waals surface area contributed by atoms with Gasteiger partial charge in [0.2, 0.25) is 0 Å². The number of carbonyl (C=O) groups is 2. The van der Waals surface area contributed by atoms with E-state index in [1.165, 1.54) is 5.57 Å². The van der Waals surface area contributed by atoms with Crippen LogP contribution in [0.15, 0.2) is 23.8 Å². The average Bonchev–Trinajstić information content (AvgIpc) is 2.88. The molecule has 0 aromatic heterocycles. The van der Waals surface area contributed by atoms with E-state index in [1.807, 2.05) is 6.08 Å². The van der Waals surface area contributed by atoms with E-state index in [1.54, 1.807) is 6.08 Å². The van der Waals surface area contributed by atoms with Crippen LogP contribution in [0.3, 0.4) is 0 Å². The first-order valence-electron chi connectivity index (χ1n) is 9.61. The van der Waals surface area contributed by atoms with Crippen molar-refractivity contribution < 1.29 is 14.7 Å². The SMILES string of the molecule is CC1C[C@H]2[C@@H]3CCC4=CC(=O)C=C[C@]4(C)[C@H]3CC[C@]2(CO)C1C(=O)S. The molecule has 0 saturated heterocycles. The largest absolute Gasteiger partial charge is 0.396 e. The van der Waals surface area contributed by atoms with E-state index >= 15 is 0 Å². The fourth-order valence-corrected chi connectivity index (χ4v) is 7.63. The van der Waals surface area contributed by atoms with Crippen molar-refractivity contribution in [1.82, 2.24) is 0 Å². The van der Waals surface area contributed by atoms with Gasteiger partial charge in [-0.2, -0.15) is 0 Å². The summed E-state index contributed by atoms with van der Waals surface area (Å²) in [4.78, 5) is 24.1. The maximum Gasteiger partial charge on any atom is 0.189 e. The zero-order valence-corrected chi connectivity index (χ0v) is 16.0. The standard InChI is InChI=1S/C21H28O3S/c1-12-9-17-15-4-3-13-10-14(23)5-7-20(13,2)16(15)6-8-21(17,11-22)18(12)19(24)25/h5,7,10,12,15-18,22H,3-4,6,8-9,11H2,1-2H3,(H,24,25)/t12?,15-,16+,17+,18?,20+,21-/m1/s1. The number of aliphatic hydroxyl groups excluding tert-OH is 1. The Bertz CT molecular complexity index is 681. The quantitative estimate of drug-likeness (QED) is 0.740. The maximum absolute atomic E-state index is 12.3. The third-order valence-electron chi connectivity index (χ3n) is 8.19. The zero-order valence-electron chi connectivity index (χ0n) is 15.1. The zero-order chi connectivity index (χ0) is 18.0. The van der Waals surface area contributed by atoms with Gasteiger partial charge in [-0.1, -0.05) is 25.5 Å². The molecule has 25 heavy (non-hydrogen) atoms. The third kappa shape index (κ3) is 2.29. The van der Waals surface area contributed by atoms with Crippen molar-refractivity contribution in [3.63, 3.8) is 0 Å². The normalized spacial score (nSPS) is 48.4. The van der Waals surface area contributed by atoms with Gasteiger partial charge in [0.05, 0.1) is 0 Å². The van der Waals surface area contributed by atoms with E-state index in [4.69, 9.17) is 0 Å².